The van der Waals surface area contributed by atoms with Crippen LogP contribution >= 0.6 is 0 Å². The molecule has 2 aromatic carbocycles. The number of carbonyl (C=O) groups is 1. The van der Waals surface area contributed by atoms with Crippen molar-refractivity contribution in [3.8, 4) is 11.3 Å². The molecule has 0 saturated carbocycles. The van der Waals surface area contributed by atoms with Gasteiger partial charge in [-0.2, -0.15) is 0 Å². The lowest BCUT2D eigenvalue weighted by molar-refractivity contribution is -0.135. The van der Waals surface area contributed by atoms with Crippen LogP contribution in [0.15, 0.2) is 66.9 Å². The van der Waals surface area contributed by atoms with Gasteiger partial charge in [0.1, 0.15) is 24.0 Å². The Morgan fingerprint density at radius 3 is 2.26 bits per heavy atom. The van der Waals surface area contributed by atoms with Gasteiger partial charge in [0.05, 0.1) is 25.3 Å². The number of aromatic nitrogens is 3. The van der Waals surface area contributed by atoms with Crippen molar-refractivity contribution >= 4 is 11.6 Å². The predicted molar refractivity (Wildman–Crippen MR) is 126 cm³/mol. The van der Waals surface area contributed by atoms with Gasteiger partial charge < -0.3 is 24.7 Å². The van der Waals surface area contributed by atoms with Crippen LogP contribution in [0.5, 0.6) is 0 Å². The molecule has 0 unspecified atom stereocenters. The lowest BCUT2D eigenvalue weighted by Crippen LogP contribution is -2.49. The number of hydrogen-bond donors (Lipinski definition) is 2. The molecule has 5 rings (SSSR count). The van der Waals surface area contributed by atoms with E-state index in [1.54, 1.807) is 15.8 Å². The van der Waals surface area contributed by atoms with E-state index in [9.17, 15) is 15.0 Å². The Morgan fingerprint density at radius 1 is 0.912 bits per heavy atom. The molecule has 9 heteroatoms. The number of aliphatic hydroxyl groups excluding tert-OH is 2. The maximum atomic E-state index is 12.9. The van der Waals surface area contributed by atoms with Crippen LogP contribution in [0.1, 0.15) is 6.42 Å². The fourth-order valence-corrected chi connectivity index (χ4v) is 4.61. The lowest BCUT2D eigenvalue weighted by atomic mass is 10.0. The topological polar surface area (TPSA) is 104 Å². The molecule has 2 aliphatic rings. The average molecular weight is 464 g/mol. The zero-order valence-corrected chi connectivity index (χ0v) is 18.8. The summed E-state index contributed by atoms with van der Waals surface area (Å²) in [5.74, 6) is -0.0725. The summed E-state index contributed by atoms with van der Waals surface area (Å²) in [5.41, 5.74) is 2.81. The second-order valence-corrected chi connectivity index (χ2v) is 8.79. The van der Waals surface area contributed by atoms with E-state index in [1.165, 1.54) is 0 Å². The molecule has 34 heavy (non-hydrogen) atoms. The monoisotopic (exact) mass is 463 g/mol. The summed E-state index contributed by atoms with van der Waals surface area (Å²) in [6, 6.07) is 19.8. The first-order chi connectivity index (χ1) is 16.6. The fraction of sp³-hybridized carbons (Fsp3) is 0.400. The number of aliphatic hydroxyl groups is 2. The minimum Gasteiger partial charge on any atom is -0.388 e. The molecule has 1 aromatic heterocycles. The summed E-state index contributed by atoms with van der Waals surface area (Å²) in [7, 11) is 0. The van der Waals surface area contributed by atoms with Gasteiger partial charge in [-0.05, 0) is 12.1 Å². The maximum absolute atomic E-state index is 12.9. The van der Waals surface area contributed by atoms with E-state index < -0.39 is 24.4 Å². The first kappa shape index (κ1) is 22.5. The molecule has 4 atom stereocenters. The smallest absolute Gasteiger partial charge is 0.225 e. The highest BCUT2D eigenvalue weighted by atomic mass is 16.5. The molecule has 2 saturated heterocycles. The number of carbonyl (C=O) groups excluding carboxylic acids is 1. The molecule has 9 nitrogen and oxygen atoms in total. The lowest BCUT2D eigenvalue weighted by Gasteiger charge is -2.36. The molecule has 2 N–H and O–H groups in total. The summed E-state index contributed by atoms with van der Waals surface area (Å²) < 4.78 is 7.50. The number of nitrogens with zero attached hydrogens (tertiary/aromatic N) is 5. The molecule has 0 bridgehead atoms. The van der Waals surface area contributed by atoms with Crippen LogP contribution in [-0.2, 0) is 16.1 Å². The molecule has 2 fully saturated rings. The minimum atomic E-state index is -1.13. The molecule has 0 aliphatic carbocycles. The Morgan fingerprint density at radius 2 is 1.56 bits per heavy atom. The van der Waals surface area contributed by atoms with Gasteiger partial charge in [0.15, 0.2) is 0 Å². The highest BCUT2D eigenvalue weighted by Gasteiger charge is 2.44. The van der Waals surface area contributed by atoms with E-state index in [0.717, 1.165) is 30.0 Å². The molecular formula is C25H29N5O4. The molecule has 178 valence electrons. The second-order valence-electron chi connectivity index (χ2n) is 8.79. The summed E-state index contributed by atoms with van der Waals surface area (Å²) in [6.07, 6.45) is -1.84. The van der Waals surface area contributed by atoms with Crippen LogP contribution in [0.25, 0.3) is 11.3 Å². The molecule has 0 radical (unpaired) electrons. The van der Waals surface area contributed by atoms with Gasteiger partial charge in [0.25, 0.3) is 0 Å². The number of hydrogen-bond acceptors (Lipinski definition) is 7. The number of benzene rings is 2. The Labute approximate surface area is 198 Å². The van der Waals surface area contributed by atoms with Crippen molar-refractivity contribution in [1.29, 1.82) is 0 Å². The van der Waals surface area contributed by atoms with Gasteiger partial charge >= 0.3 is 0 Å². The number of piperazine rings is 1. The van der Waals surface area contributed by atoms with Gasteiger partial charge in [0.2, 0.25) is 5.91 Å². The summed E-state index contributed by atoms with van der Waals surface area (Å²) in [4.78, 5) is 16.9. The highest BCUT2D eigenvalue weighted by Crippen LogP contribution is 2.26. The van der Waals surface area contributed by atoms with Gasteiger partial charge in [-0.3, -0.25) is 4.79 Å². The van der Waals surface area contributed by atoms with Crippen molar-refractivity contribution in [2.45, 2.75) is 37.4 Å². The maximum Gasteiger partial charge on any atom is 0.225 e. The van der Waals surface area contributed by atoms with Crippen LogP contribution in [0.4, 0.5) is 5.69 Å². The standard InChI is InChI=1S/C25H29N5O4/c31-23(29-13-11-28(12-14-29)19-9-5-2-6-10-19)15-21-24(32)25(33)22(34-21)17-30-16-20(26-27-30)18-7-3-1-4-8-18/h1-10,16,21-22,24-25,32-33H,11-15,17H2/t21-,22-,24-,25+/m0/s1. The van der Waals surface area contributed by atoms with Crippen molar-refractivity contribution in [1.82, 2.24) is 19.9 Å². The summed E-state index contributed by atoms with van der Waals surface area (Å²) in [6.45, 7) is 2.97. The van der Waals surface area contributed by atoms with E-state index >= 15 is 0 Å². The van der Waals surface area contributed by atoms with Crippen LogP contribution in [0, 0.1) is 0 Å². The molecule has 2 aliphatic heterocycles. The molecular weight excluding hydrogens is 434 g/mol. The van der Waals surface area contributed by atoms with E-state index in [4.69, 9.17) is 4.74 Å². The molecule has 3 aromatic rings. The van der Waals surface area contributed by atoms with E-state index in [2.05, 4.69) is 27.3 Å². The number of para-hydroxylation sites is 1. The number of amides is 1. The minimum absolute atomic E-state index is 0.0344. The molecule has 3 heterocycles. The van der Waals surface area contributed by atoms with Gasteiger partial charge in [-0.1, -0.05) is 53.7 Å². The van der Waals surface area contributed by atoms with Crippen molar-refractivity contribution in [2.75, 3.05) is 31.1 Å². The van der Waals surface area contributed by atoms with Gasteiger partial charge in [-0.15, -0.1) is 5.10 Å². The predicted octanol–water partition coefficient (Wildman–Crippen LogP) is 1.17. The fourth-order valence-electron chi connectivity index (χ4n) is 4.61. The van der Waals surface area contributed by atoms with E-state index in [1.807, 2.05) is 48.5 Å². The summed E-state index contributed by atoms with van der Waals surface area (Å²) in [5, 5.41) is 29.4. The summed E-state index contributed by atoms with van der Waals surface area (Å²) >= 11 is 0. The van der Waals surface area contributed by atoms with Crippen molar-refractivity contribution < 1.29 is 19.7 Å². The van der Waals surface area contributed by atoms with Crippen LogP contribution in [0.2, 0.25) is 0 Å². The number of rotatable bonds is 6. The molecule has 0 spiro atoms. The third-order valence-electron chi connectivity index (χ3n) is 6.57. The number of ether oxygens (including phenoxy) is 1. The second kappa shape index (κ2) is 9.92. The molecule has 1 amide bonds. The number of anilines is 1. The normalized spacial score (nSPS) is 25.0. The Balaban J connectivity index is 1.14. The zero-order valence-electron chi connectivity index (χ0n) is 18.8. The van der Waals surface area contributed by atoms with Gasteiger partial charge in [-0.25, -0.2) is 4.68 Å². The Bertz CT molecular complexity index is 1080. The Hall–Kier alpha value is -3.27. The SMILES string of the molecule is O=C(C[C@@H]1O[C@@H](Cn2cc(-c3ccccc3)nn2)[C@@H](O)[C@H]1O)N1CCN(c2ccccc2)CC1. The third-order valence-corrected chi connectivity index (χ3v) is 6.57. The first-order valence-corrected chi connectivity index (χ1v) is 11.6. The third kappa shape index (κ3) is 4.82. The van der Waals surface area contributed by atoms with Crippen molar-refractivity contribution in [3.05, 3.63) is 66.9 Å². The Kier molecular flexibility index (Phi) is 6.57. The highest BCUT2D eigenvalue weighted by molar-refractivity contribution is 5.77. The zero-order chi connectivity index (χ0) is 23.5. The van der Waals surface area contributed by atoms with Crippen LogP contribution < -0.4 is 4.90 Å². The van der Waals surface area contributed by atoms with Crippen molar-refractivity contribution in [2.24, 2.45) is 0 Å². The van der Waals surface area contributed by atoms with Crippen LogP contribution in [0.3, 0.4) is 0 Å². The van der Waals surface area contributed by atoms with E-state index in [0.29, 0.717) is 13.1 Å². The van der Waals surface area contributed by atoms with E-state index in [-0.39, 0.29) is 18.9 Å². The average Bonchev–Trinajstić information content (AvgIpc) is 3.46. The van der Waals surface area contributed by atoms with Gasteiger partial charge in [0, 0.05) is 37.4 Å². The quantitative estimate of drug-likeness (QED) is 0.566. The largest absolute Gasteiger partial charge is 0.388 e. The van der Waals surface area contributed by atoms with Crippen molar-refractivity contribution in [3.63, 3.8) is 0 Å². The first-order valence-electron chi connectivity index (χ1n) is 11.6. The van der Waals surface area contributed by atoms with Crippen LogP contribution in [-0.4, -0.2) is 86.6 Å².